The minimum absolute atomic E-state index is 0.0524. The summed E-state index contributed by atoms with van der Waals surface area (Å²) >= 11 is 0. The molecule has 0 N–H and O–H groups in total. The van der Waals surface area contributed by atoms with Gasteiger partial charge in [-0.15, -0.1) is 0 Å². The second-order valence-electron chi connectivity index (χ2n) is 5.94. The molecule has 4 rings (SSSR count). The van der Waals surface area contributed by atoms with Crippen molar-refractivity contribution in [1.29, 1.82) is 0 Å². The number of carbonyl (C=O) groups is 1. The standard InChI is InChI=1S/C18H18N4O2/c1-13(23)22-12-6-9-16(22)17-19-18(24-20-17)14-7-2-3-8-15(14)21-10-4-5-11-21/h2-5,7-8,10-11,16H,6,9,12H2,1H3. The van der Waals surface area contributed by atoms with E-state index in [0.29, 0.717) is 11.7 Å². The maximum absolute atomic E-state index is 11.8. The Morgan fingerprint density at radius 2 is 2.00 bits per heavy atom. The van der Waals surface area contributed by atoms with Crippen molar-refractivity contribution in [2.24, 2.45) is 0 Å². The zero-order valence-electron chi connectivity index (χ0n) is 13.4. The first-order valence-corrected chi connectivity index (χ1v) is 8.07. The minimum atomic E-state index is -0.0845. The van der Waals surface area contributed by atoms with Gasteiger partial charge in [0.15, 0.2) is 5.82 Å². The fraction of sp³-hybridized carbons (Fsp3) is 0.278. The number of hydrogen-bond acceptors (Lipinski definition) is 4. The van der Waals surface area contributed by atoms with Gasteiger partial charge in [-0.2, -0.15) is 4.98 Å². The summed E-state index contributed by atoms with van der Waals surface area (Å²) < 4.78 is 7.53. The first-order chi connectivity index (χ1) is 11.7. The van der Waals surface area contributed by atoms with Crippen LogP contribution in [0.25, 0.3) is 17.1 Å². The molecule has 1 aliphatic heterocycles. The molecule has 3 aromatic rings. The highest BCUT2D eigenvalue weighted by Gasteiger charge is 2.32. The number of para-hydroxylation sites is 1. The zero-order valence-corrected chi connectivity index (χ0v) is 13.4. The number of benzene rings is 1. The van der Waals surface area contributed by atoms with Crippen molar-refractivity contribution in [3.63, 3.8) is 0 Å². The summed E-state index contributed by atoms with van der Waals surface area (Å²) in [6.45, 7) is 2.34. The van der Waals surface area contributed by atoms with E-state index < -0.39 is 0 Å². The molecule has 0 radical (unpaired) electrons. The highest BCUT2D eigenvalue weighted by atomic mass is 16.5. The molecule has 6 heteroatoms. The summed E-state index contributed by atoms with van der Waals surface area (Å²) in [4.78, 5) is 18.1. The third-order valence-electron chi connectivity index (χ3n) is 4.41. The van der Waals surface area contributed by atoms with Gasteiger partial charge < -0.3 is 14.0 Å². The normalized spacial score (nSPS) is 17.4. The lowest BCUT2D eigenvalue weighted by Gasteiger charge is -2.19. The van der Waals surface area contributed by atoms with Gasteiger partial charge in [-0.3, -0.25) is 4.79 Å². The number of carbonyl (C=O) groups excluding carboxylic acids is 1. The molecule has 2 aromatic heterocycles. The molecule has 122 valence electrons. The molecule has 1 amide bonds. The molecule has 0 saturated carbocycles. The van der Waals surface area contributed by atoms with Crippen LogP contribution < -0.4 is 0 Å². The number of amides is 1. The maximum atomic E-state index is 11.8. The molecule has 3 heterocycles. The molecule has 0 bridgehead atoms. The Balaban J connectivity index is 1.70. The molecule has 0 aliphatic carbocycles. The molecular weight excluding hydrogens is 304 g/mol. The molecule has 1 aliphatic rings. The van der Waals surface area contributed by atoms with Crippen LogP contribution in [0.3, 0.4) is 0 Å². The predicted molar refractivity (Wildman–Crippen MR) is 88.4 cm³/mol. The largest absolute Gasteiger partial charge is 0.334 e. The van der Waals surface area contributed by atoms with Crippen LogP contribution in [-0.2, 0) is 4.79 Å². The third kappa shape index (κ3) is 2.50. The third-order valence-corrected chi connectivity index (χ3v) is 4.41. The van der Waals surface area contributed by atoms with Gasteiger partial charge in [0.25, 0.3) is 5.89 Å². The first-order valence-electron chi connectivity index (χ1n) is 8.07. The monoisotopic (exact) mass is 322 g/mol. The van der Waals surface area contributed by atoms with Crippen molar-refractivity contribution in [1.82, 2.24) is 19.6 Å². The summed E-state index contributed by atoms with van der Waals surface area (Å²) in [7, 11) is 0. The van der Waals surface area contributed by atoms with Crippen molar-refractivity contribution in [3.05, 3.63) is 54.6 Å². The number of hydrogen-bond donors (Lipinski definition) is 0. The Morgan fingerprint density at radius 3 is 2.79 bits per heavy atom. The van der Waals surface area contributed by atoms with Crippen molar-refractivity contribution >= 4 is 5.91 Å². The molecule has 6 nitrogen and oxygen atoms in total. The van der Waals surface area contributed by atoms with E-state index in [9.17, 15) is 4.79 Å². The number of likely N-dealkylation sites (tertiary alicyclic amines) is 1. The fourth-order valence-electron chi connectivity index (χ4n) is 3.27. The van der Waals surface area contributed by atoms with E-state index >= 15 is 0 Å². The summed E-state index contributed by atoms with van der Waals surface area (Å²) in [5, 5.41) is 4.14. The van der Waals surface area contributed by atoms with Crippen LogP contribution >= 0.6 is 0 Å². The average molecular weight is 322 g/mol. The summed E-state index contributed by atoms with van der Waals surface area (Å²) in [5.74, 6) is 1.11. The molecule has 1 unspecified atom stereocenters. The van der Waals surface area contributed by atoms with E-state index in [-0.39, 0.29) is 11.9 Å². The van der Waals surface area contributed by atoms with E-state index in [1.807, 2.05) is 58.3 Å². The Bertz CT molecular complexity index is 854. The number of aromatic nitrogens is 3. The SMILES string of the molecule is CC(=O)N1CCCC1c1noc(-c2ccccc2-n2cccc2)n1. The molecule has 1 aromatic carbocycles. The average Bonchev–Trinajstić information content (AvgIpc) is 3.33. The second kappa shape index (κ2) is 5.96. The van der Waals surface area contributed by atoms with Crippen molar-refractivity contribution < 1.29 is 9.32 Å². The summed E-state index contributed by atoms with van der Waals surface area (Å²) in [6.07, 6.45) is 5.79. The molecule has 1 atom stereocenters. The lowest BCUT2D eigenvalue weighted by molar-refractivity contribution is -0.129. The van der Waals surface area contributed by atoms with Gasteiger partial charge in [-0.1, -0.05) is 17.3 Å². The van der Waals surface area contributed by atoms with Gasteiger partial charge in [-0.05, 0) is 37.1 Å². The second-order valence-corrected chi connectivity index (χ2v) is 5.94. The molecule has 0 spiro atoms. The van der Waals surface area contributed by atoms with Crippen molar-refractivity contribution in [3.8, 4) is 17.1 Å². The van der Waals surface area contributed by atoms with E-state index in [1.54, 1.807) is 6.92 Å². The van der Waals surface area contributed by atoms with Crippen molar-refractivity contribution in [2.75, 3.05) is 6.54 Å². The highest BCUT2D eigenvalue weighted by Crippen LogP contribution is 2.32. The Labute approximate surface area is 139 Å². The minimum Gasteiger partial charge on any atom is -0.334 e. The van der Waals surface area contributed by atoms with Crippen molar-refractivity contribution in [2.45, 2.75) is 25.8 Å². The maximum Gasteiger partial charge on any atom is 0.260 e. The van der Waals surface area contributed by atoms with E-state index in [0.717, 1.165) is 30.6 Å². The van der Waals surface area contributed by atoms with Crippen LogP contribution in [0.15, 0.2) is 53.3 Å². The van der Waals surface area contributed by atoms with Gasteiger partial charge in [0.1, 0.15) is 0 Å². The smallest absolute Gasteiger partial charge is 0.260 e. The van der Waals surface area contributed by atoms with Gasteiger partial charge >= 0.3 is 0 Å². The van der Waals surface area contributed by atoms with E-state index in [2.05, 4.69) is 10.1 Å². The first kappa shape index (κ1) is 14.7. The van der Waals surface area contributed by atoms with Crippen LogP contribution in [0.5, 0.6) is 0 Å². The van der Waals surface area contributed by atoms with Gasteiger partial charge in [0.2, 0.25) is 5.91 Å². The Kier molecular flexibility index (Phi) is 3.65. The van der Waals surface area contributed by atoms with E-state index in [4.69, 9.17) is 4.52 Å². The van der Waals surface area contributed by atoms with Gasteiger partial charge in [0.05, 0.1) is 17.3 Å². The fourth-order valence-corrected chi connectivity index (χ4v) is 3.27. The lowest BCUT2D eigenvalue weighted by Crippen LogP contribution is -2.28. The topological polar surface area (TPSA) is 64.2 Å². The van der Waals surface area contributed by atoms with Gasteiger partial charge in [0, 0.05) is 25.9 Å². The van der Waals surface area contributed by atoms with Crippen LogP contribution in [0.1, 0.15) is 31.6 Å². The van der Waals surface area contributed by atoms with Crippen LogP contribution in [0.4, 0.5) is 0 Å². The summed E-state index contributed by atoms with van der Waals surface area (Å²) in [6, 6.07) is 11.8. The molecular formula is C18H18N4O2. The highest BCUT2D eigenvalue weighted by molar-refractivity contribution is 5.74. The summed E-state index contributed by atoms with van der Waals surface area (Å²) in [5.41, 5.74) is 1.85. The van der Waals surface area contributed by atoms with Crippen LogP contribution in [-0.4, -0.2) is 32.1 Å². The predicted octanol–water partition coefficient (Wildman–Crippen LogP) is 3.21. The quantitative estimate of drug-likeness (QED) is 0.743. The molecule has 1 fully saturated rings. The zero-order chi connectivity index (χ0) is 16.5. The van der Waals surface area contributed by atoms with E-state index in [1.165, 1.54) is 0 Å². The van der Waals surface area contributed by atoms with Crippen LogP contribution in [0.2, 0.25) is 0 Å². The molecule has 1 saturated heterocycles. The number of nitrogens with zero attached hydrogens (tertiary/aromatic N) is 4. The molecule has 24 heavy (non-hydrogen) atoms. The number of rotatable bonds is 3. The lowest BCUT2D eigenvalue weighted by atomic mass is 10.1. The Morgan fingerprint density at radius 1 is 1.21 bits per heavy atom. The van der Waals surface area contributed by atoms with Gasteiger partial charge in [-0.25, -0.2) is 0 Å². The van der Waals surface area contributed by atoms with Crippen LogP contribution in [0, 0.1) is 0 Å². The Hall–Kier alpha value is -2.89.